The molecule has 2 nitrogen and oxygen atoms in total. The maximum absolute atomic E-state index is 10.3. The summed E-state index contributed by atoms with van der Waals surface area (Å²) < 4.78 is 0. The van der Waals surface area contributed by atoms with E-state index >= 15 is 0 Å². The molecule has 0 fully saturated rings. The molecule has 0 bridgehead atoms. The summed E-state index contributed by atoms with van der Waals surface area (Å²) in [7, 11) is 0. The van der Waals surface area contributed by atoms with E-state index in [1.54, 1.807) is 12.4 Å². The molecule has 0 radical (unpaired) electrons. The van der Waals surface area contributed by atoms with Gasteiger partial charge in [0, 0.05) is 23.5 Å². The molecule has 1 N–H and O–H groups in total. The van der Waals surface area contributed by atoms with Crippen molar-refractivity contribution in [3.8, 4) is 16.9 Å². The third kappa shape index (κ3) is 1.80. The zero-order valence-corrected chi connectivity index (χ0v) is 10.7. The third-order valence-electron chi connectivity index (χ3n) is 3.60. The normalized spacial score (nSPS) is 10.6. The molecule has 0 aliphatic carbocycles. The van der Waals surface area contributed by atoms with E-state index in [4.69, 9.17) is 0 Å². The molecule has 2 heteroatoms. The van der Waals surface area contributed by atoms with Gasteiger partial charge in [-0.15, -0.1) is 0 Å². The van der Waals surface area contributed by atoms with Crippen molar-refractivity contribution in [1.29, 1.82) is 0 Å². The summed E-state index contributed by atoms with van der Waals surface area (Å²) in [5.74, 6) is 0.374. The fourth-order valence-corrected chi connectivity index (χ4v) is 2.16. The molecule has 2 aromatic rings. The summed E-state index contributed by atoms with van der Waals surface area (Å²) in [5, 5.41) is 10.3. The van der Waals surface area contributed by atoms with Gasteiger partial charge in [-0.25, -0.2) is 0 Å². The minimum absolute atomic E-state index is 0.374. The van der Waals surface area contributed by atoms with Crippen LogP contribution >= 0.6 is 0 Å². The highest BCUT2D eigenvalue weighted by Gasteiger charge is 2.15. The summed E-state index contributed by atoms with van der Waals surface area (Å²) in [6.45, 7) is 8.14. The fraction of sp³-hybridized carbons (Fsp3) is 0.267. The predicted octanol–water partition coefficient (Wildman–Crippen LogP) is 3.69. The molecule has 0 spiro atoms. The number of pyridine rings is 1. The Labute approximate surface area is 102 Å². The van der Waals surface area contributed by atoms with E-state index in [1.165, 1.54) is 5.56 Å². The number of nitrogens with zero attached hydrogens (tertiary/aromatic N) is 1. The molecular formula is C15H17NO. The predicted molar refractivity (Wildman–Crippen MR) is 70.3 cm³/mol. The van der Waals surface area contributed by atoms with Gasteiger partial charge in [-0.1, -0.05) is 6.07 Å². The number of benzene rings is 1. The van der Waals surface area contributed by atoms with Crippen molar-refractivity contribution in [2.24, 2.45) is 0 Å². The van der Waals surface area contributed by atoms with E-state index < -0.39 is 0 Å². The molecule has 17 heavy (non-hydrogen) atoms. The summed E-state index contributed by atoms with van der Waals surface area (Å²) in [5.41, 5.74) is 6.34. The van der Waals surface area contributed by atoms with Crippen molar-refractivity contribution in [3.63, 3.8) is 0 Å². The average molecular weight is 227 g/mol. The lowest BCUT2D eigenvalue weighted by atomic mass is 9.90. The Morgan fingerprint density at radius 2 is 1.59 bits per heavy atom. The van der Waals surface area contributed by atoms with Gasteiger partial charge in [-0.2, -0.15) is 0 Å². The maximum Gasteiger partial charge on any atom is 0.126 e. The molecule has 0 atom stereocenters. The number of phenolic OH excluding ortho intramolecular Hbond substituents is 1. The summed E-state index contributed by atoms with van der Waals surface area (Å²) in [6.07, 6.45) is 3.53. The number of hydrogen-bond acceptors (Lipinski definition) is 2. The van der Waals surface area contributed by atoms with E-state index in [9.17, 15) is 5.11 Å². The first-order valence-corrected chi connectivity index (χ1v) is 5.73. The van der Waals surface area contributed by atoms with Crippen LogP contribution in [0.25, 0.3) is 11.1 Å². The van der Waals surface area contributed by atoms with Crippen LogP contribution in [0.15, 0.2) is 24.5 Å². The molecule has 1 heterocycles. The van der Waals surface area contributed by atoms with Crippen LogP contribution in [0.3, 0.4) is 0 Å². The van der Waals surface area contributed by atoms with Crippen LogP contribution in [-0.2, 0) is 0 Å². The molecule has 1 aromatic carbocycles. The number of aromatic nitrogens is 1. The van der Waals surface area contributed by atoms with Crippen molar-refractivity contribution in [2.75, 3.05) is 0 Å². The van der Waals surface area contributed by atoms with E-state index in [0.717, 1.165) is 27.8 Å². The number of aromatic hydroxyl groups is 1. The topological polar surface area (TPSA) is 33.1 Å². The molecule has 0 saturated carbocycles. The Hall–Kier alpha value is -1.83. The average Bonchev–Trinajstić information content (AvgIpc) is 2.36. The third-order valence-corrected chi connectivity index (χ3v) is 3.60. The molecule has 0 unspecified atom stereocenters. The molecule has 2 rings (SSSR count). The van der Waals surface area contributed by atoms with Gasteiger partial charge in [0.25, 0.3) is 0 Å². The van der Waals surface area contributed by atoms with Crippen LogP contribution in [0.5, 0.6) is 5.75 Å². The standard InChI is InChI=1S/C15H17NO/c1-9-10(2)12(4)15(17)14(11(9)3)13-6-5-7-16-8-13/h5-8,17H,1-4H3. The minimum Gasteiger partial charge on any atom is -0.507 e. The molecule has 0 aliphatic heterocycles. The first-order valence-electron chi connectivity index (χ1n) is 5.73. The van der Waals surface area contributed by atoms with Crippen molar-refractivity contribution < 1.29 is 5.11 Å². The first-order chi connectivity index (χ1) is 8.04. The van der Waals surface area contributed by atoms with Crippen molar-refractivity contribution in [2.45, 2.75) is 27.7 Å². The van der Waals surface area contributed by atoms with Crippen molar-refractivity contribution in [1.82, 2.24) is 4.98 Å². The van der Waals surface area contributed by atoms with Crippen molar-refractivity contribution >= 4 is 0 Å². The highest BCUT2D eigenvalue weighted by atomic mass is 16.3. The Morgan fingerprint density at radius 1 is 0.941 bits per heavy atom. The summed E-state index contributed by atoms with van der Waals surface area (Å²) >= 11 is 0. The lowest BCUT2D eigenvalue weighted by Crippen LogP contribution is -1.96. The van der Waals surface area contributed by atoms with Gasteiger partial charge in [0.2, 0.25) is 0 Å². The fourth-order valence-electron chi connectivity index (χ4n) is 2.16. The highest BCUT2D eigenvalue weighted by molar-refractivity contribution is 5.77. The van der Waals surface area contributed by atoms with E-state index in [0.29, 0.717) is 5.75 Å². The van der Waals surface area contributed by atoms with Crippen LogP contribution in [-0.4, -0.2) is 10.1 Å². The van der Waals surface area contributed by atoms with E-state index in [2.05, 4.69) is 11.9 Å². The Bertz CT molecular complexity index is 530. The van der Waals surface area contributed by atoms with Crippen LogP contribution in [0, 0.1) is 27.7 Å². The molecule has 0 amide bonds. The quantitative estimate of drug-likeness (QED) is 0.806. The molecule has 1 aromatic heterocycles. The van der Waals surface area contributed by atoms with Gasteiger partial charge < -0.3 is 5.11 Å². The van der Waals surface area contributed by atoms with Gasteiger partial charge in [-0.05, 0) is 56.0 Å². The summed E-state index contributed by atoms with van der Waals surface area (Å²) in [4.78, 5) is 4.11. The molecule has 88 valence electrons. The lowest BCUT2D eigenvalue weighted by molar-refractivity contribution is 0.472. The maximum atomic E-state index is 10.3. The Kier molecular flexibility index (Phi) is 2.88. The number of hydrogen-bond donors (Lipinski definition) is 1. The highest BCUT2D eigenvalue weighted by Crippen LogP contribution is 2.38. The number of rotatable bonds is 1. The van der Waals surface area contributed by atoms with Crippen LogP contribution in [0.4, 0.5) is 0 Å². The first kappa shape index (κ1) is 11.6. The second-order valence-electron chi connectivity index (χ2n) is 4.47. The van der Waals surface area contributed by atoms with Gasteiger partial charge in [0.1, 0.15) is 5.75 Å². The molecule has 0 aliphatic rings. The minimum atomic E-state index is 0.374. The zero-order chi connectivity index (χ0) is 12.6. The second-order valence-corrected chi connectivity index (χ2v) is 4.47. The van der Waals surface area contributed by atoms with E-state index in [1.807, 2.05) is 32.9 Å². The molecule has 0 saturated heterocycles. The van der Waals surface area contributed by atoms with Gasteiger partial charge >= 0.3 is 0 Å². The largest absolute Gasteiger partial charge is 0.507 e. The van der Waals surface area contributed by atoms with Gasteiger partial charge in [0.15, 0.2) is 0 Å². The van der Waals surface area contributed by atoms with Crippen LogP contribution in [0.1, 0.15) is 22.3 Å². The lowest BCUT2D eigenvalue weighted by Gasteiger charge is -2.17. The van der Waals surface area contributed by atoms with Gasteiger partial charge in [0.05, 0.1) is 0 Å². The zero-order valence-electron chi connectivity index (χ0n) is 10.7. The van der Waals surface area contributed by atoms with Crippen LogP contribution < -0.4 is 0 Å². The number of phenols is 1. The SMILES string of the molecule is Cc1c(C)c(C)c(-c2cccnc2)c(O)c1C. The molecular weight excluding hydrogens is 210 g/mol. The van der Waals surface area contributed by atoms with Crippen molar-refractivity contribution in [3.05, 3.63) is 46.8 Å². The smallest absolute Gasteiger partial charge is 0.126 e. The summed E-state index contributed by atoms with van der Waals surface area (Å²) in [6, 6.07) is 3.86. The monoisotopic (exact) mass is 227 g/mol. The Morgan fingerprint density at radius 3 is 2.18 bits per heavy atom. The van der Waals surface area contributed by atoms with E-state index in [-0.39, 0.29) is 0 Å². The second kappa shape index (κ2) is 4.21. The van der Waals surface area contributed by atoms with Gasteiger partial charge in [-0.3, -0.25) is 4.98 Å². The van der Waals surface area contributed by atoms with Crippen LogP contribution in [0.2, 0.25) is 0 Å². The Balaban J connectivity index is 2.80.